The van der Waals surface area contributed by atoms with Gasteiger partial charge in [0.1, 0.15) is 0 Å². The second-order valence-electron chi connectivity index (χ2n) is 18.8. The molecule has 61 heavy (non-hydrogen) atoms. The highest BCUT2D eigenvalue weighted by molar-refractivity contribution is 5.77. The highest BCUT2D eigenvalue weighted by Gasteiger charge is 2.20. The SMILES string of the molecule is CCCCCCCC/C=C\CCCCCCCCN(C(=O)CCCCCCC/C=C\CCCCCCCC)C(C)CNC(=O)CCCCCCC/C=C\CCCCCCCC. The van der Waals surface area contributed by atoms with Crippen molar-refractivity contribution in [2.45, 2.75) is 303 Å². The molecule has 0 aromatic carbocycles. The third-order valence-electron chi connectivity index (χ3n) is 12.7. The van der Waals surface area contributed by atoms with E-state index in [-0.39, 0.29) is 17.9 Å². The van der Waals surface area contributed by atoms with Crippen LogP contribution in [0.25, 0.3) is 0 Å². The molecule has 0 bridgehead atoms. The van der Waals surface area contributed by atoms with Crippen LogP contribution in [-0.4, -0.2) is 35.8 Å². The first-order chi connectivity index (χ1) is 30.1. The Kier molecular flexibility index (Phi) is 49.3. The molecule has 0 saturated carbocycles. The lowest BCUT2D eigenvalue weighted by atomic mass is 10.1. The van der Waals surface area contributed by atoms with Crippen molar-refractivity contribution in [2.24, 2.45) is 0 Å². The Morgan fingerprint density at radius 1 is 0.377 bits per heavy atom. The van der Waals surface area contributed by atoms with E-state index in [1.54, 1.807) is 0 Å². The fraction of sp³-hybridized carbons (Fsp3) is 0.860. The summed E-state index contributed by atoms with van der Waals surface area (Å²) in [6.07, 6.45) is 66.7. The number of carbonyl (C=O) groups excluding carboxylic acids is 2. The van der Waals surface area contributed by atoms with E-state index in [1.807, 2.05) is 0 Å². The highest BCUT2D eigenvalue weighted by Crippen LogP contribution is 2.16. The minimum Gasteiger partial charge on any atom is -0.354 e. The molecule has 2 amide bonds. The van der Waals surface area contributed by atoms with Gasteiger partial charge in [-0.2, -0.15) is 0 Å². The van der Waals surface area contributed by atoms with E-state index in [4.69, 9.17) is 0 Å². The monoisotopic (exact) mass is 853 g/mol. The van der Waals surface area contributed by atoms with Crippen LogP contribution in [0.2, 0.25) is 0 Å². The Bertz CT molecular complexity index is 986. The molecule has 0 aliphatic rings. The predicted octanol–water partition coefficient (Wildman–Crippen LogP) is 18.4. The molecule has 0 saturated heterocycles. The molecule has 4 heteroatoms. The van der Waals surface area contributed by atoms with E-state index in [9.17, 15) is 9.59 Å². The molecule has 1 N–H and O–H groups in total. The average molecular weight is 854 g/mol. The zero-order valence-electron chi connectivity index (χ0n) is 41.9. The predicted molar refractivity (Wildman–Crippen MR) is 273 cm³/mol. The molecule has 4 nitrogen and oxygen atoms in total. The molecule has 0 fully saturated rings. The Morgan fingerprint density at radius 3 is 1.00 bits per heavy atom. The standard InChI is InChI=1S/C57H108N2O2/c1-5-8-11-14-17-20-23-26-29-32-35-38-41-44-47-50-53-59(57(61)52-49-46-43-40-37-34-31-28-25-22-19-16-13-10-7-3)55(4)54-58-56(60)51-48-45-42-39-36-33-30-27-24-21-18-15-12-9-6-2/h26-31,55H,5-25,32-54H2,1-4H3,(H,58,60)/b29-26-,30-27-,31-28-. The Hall–Kier alpha value is -1.84. The molecule has 1 unspecified atom stereocenters. The number of nitrogens with zero attached hydrogens (tertiary/aromatic N) is 1. The normalized spacial score (nSPS) is 12.4. The van der Waals surface area contributed by atoms with Gasteiger partial charge in [0.15, 0.2) is 0 Å². The molecule has 0 radical (unpaired) electrons. The van der Waals surface area contributed by atoms with Gasteiger partial charge in [0.05, 0.1) is 0 Å². The van der Waals surface area contributed by atoms with Crippen molar-refractivity contribution >= 4 is 11.8 Å². The van der Waals surface area contributed by atoms with Crippen LogP contribution in [0, 0.1) is 0 Å². The van der Waals surface area contributed by atoms with Crippen LogP contribution in [0.4, 0.5) is 0 Å². The van der Waals surface area contributed by atoms with E-state index in [1.165, 1.54) is 225 Å². The van der Waals surface area contributed by atoms with E-state index < -0.39 is 0 Å². The van der Waals surface area contributed by atoms with Crippen molar-refractivity contribution in [1.29, 1.82) is 0 Å². The van der Waals surface area contributed by atoms with Crippen molar-refractivity contribution in [3.05, 3.63) is 36.5 Å². The Morgan fingerprint density at radius 2 is 0.656 bits per heavy atom. The summed E-state index contributed by atoms with van der Waals surface area (Å²) in [5, 5.41) is 3.19. The van der Waals surface area contributed by atoms with E-state index in [0.717, 1.165) is 38.6 Å². The van der Waals surface area contributed by atoms with Gasteiger partial charge in [0, 0.05) is 32.0 Å². The summed E-state index contributed by atoms with van der Waals surface area (Å²) in [7, 11) is 0. The Labute approximate surface area is 383 Å². The fourth-order valence-corrected chi connectivity index (χ4v) is 8.43. The number of unbranched alkanes of at least 4 members (excludes halogenated alkanes) is 34. The molecule has 1 atom stereocenters. The maximum absolute atomic E-state index is 13.6. The zero-order chi connectivity index (χ0) is 44.4. The van der Waals surface area contributed by atoms with E-state index in [2.05, 4.69) is 74.4 Å². The zero-order valence-corrected chi connectivity index (χ0v) is 41.9. The number of hydrogen-bond acceptors (Lipinski definition) is 2. The molecule has 0 rings (SSSR count). The van der Waals surface area contributed by atoms with Gasteiger partial charge in [-0.15, -0.1) is 0 Å². The lowest BCUT2D eigenvalue weighted by Gasteiger charge is -2.30. The van der Waals surface area contributed by atoms with Crippen molar-refractivity contribution in [3.63, 3.8) is 0 Å². The second-order valence-corrected chi connectivity index (χ2v) is 18.8. The van der Waals surface area contributed by atoms with Crippen LogP contribution < -0.4 is 5.32 Å². The molecule has 0 heterocycles. The summed E-state index contributed by atoms with van der Waals surface area (Å²) in [6.45, 7) is 10.4. The van der Waals surface area contributed by atoms with E-state index in [0.29, 0.717) is 19.4 Å². The molecular weight excluding hydrogens is 745 g/mol. The summed E-state index contributed by atoms with van der Waals surface area (Å²) in [4.78, 5) is 28.5. The third kappa shape index (κ3) is 46.0. The number of nitrogens with one attached hydrogen (secondary N) is 1. The van der Waals surface area contributed by atoms with Gasteiger partial charge >= 0.3 is 0 Å². The second kappa shape index (κ2) is 50.8. The molecule has 0 aliphatic carbocycles. The van der Waals surface area contributed by atoms with Crippen molar-refractivity contribution in [2.75, 3.05) is 13.1 Å². The number of carbonyl (C=O) groups is 2. The summed E-state index contributed by atoms with van der Waals surface area (Å²) < 4.78 is 0. The van der Waals surface area contributed by atoms with Crippen LogP contribution >= 0.6 is 0 Å². The van der Waals surface area contributed by atoms with E-state index >= 15 is 0 Å². The van der Waals surface area contributed by atoms with Crippen LogP contribution in [-0.2, 0) is 9.59 Å². The Balaban J connectivity index is 4.41. The maximum Gasteiger partial charge on any atom is 0.222 e. The average Bonchev–Trinajstić information content (AvgIpc) is 3.26. The van der Waals surface area contributed by atoms with Crippen LogP contribution in [0.15, 0.2) is 36.5 Å². The summed E-state index contributed by atoms with van der Waals surface area (Å²) in [5.41, 5.74) is 0. The number of rotatable bonds is 49. The van der Waals surface area contributed by atoms with Crippen LogP contribution in [0.1, 0.15) is 297 Å². The maximum atomic E-state index is 13.6. The van der Waals surface area contributed by atoms with Crippen molar-refractivity contribution in [1.82, 2.24) is 10.2 Å². The minimum absolute atomic E-state index is 0.0387. The minimum atomic E-state index is 0.0387. The van der Waals surface area contributed by atoms with Crippen molar-refractivity contribution < 1.29 is 9.59 Å². The van der Waals surface area contributed by atoms with Crippen LogP contribution in [0.3, 0.4) is 0 Å². The summed E-state index contributed by atoms with van der Waals surface area (Å²) >= 11 is 0. The lowest BCUT2D eigenvalue weighted by Crippen LogP contribution is -2.45. The fourth-order valence-electron chi connectivity index (χ4n) is 8.43. The first-order valence-corrected chi connectivity index (χ1v) is 27.6. The molecular formula is C57H108N2O2. The molecule has 0 aromatic heterocycles. The highest BCUT2D eigenvalue weighted by atomic mass is 16.2. The third-order valence-corrected chi connectivity index (χ3v) is 12.7. The first kappa shape index (κ1) is 59.2. The molecule has 0 aliphatic heterocycles. The van der Waals surface area contributed by atoms with Gasteiger partial charge in [-0.1, -0.05) is 218 Å². The van der Waals surface area contributed by atoms with Crippen LogP contribution in [0.5, 0.6) is 0 Å². The quantitative estimate of drug-likeness (QED) is 0.0490. The largest absolute Gasteiger partial charge is 0.354 e. The van der Waals surface area contributed by atoms with Gasteiger partial charge in [-0.25, -0.2) is 0 Å². The smallest absolute Gasteiger partial charge is 0.222 e. The number of allylic oxidation sites excluding steroid dienone is 6. The van der Waals surface area contributed by atoms with Gasteiger partial charge < -0.3 is 10.2 Å². The first-order valence-electron chi connectivity index (χ1n) is 27.6. The van der Waals surface area contributed by atoms with Gasteiger partial charge in [-0.05, 0) is 103 Å². The van der Waals surface area contributed by atoms with Crippen molar-refractivity contribution in [3.8, 4) is 0 Å². The summed E-state index contributed by atoms with van der Waals surface area (Å²) in [5.74, 6) is 0.427. The van der Waals surface area contributed by atoms with Gasteiger partial charge in [-0.3, -0.25) is 9.59 Å². The number of amides is 2. The van der Waals surface area contributed by atoms with Gasteiger partial charge in [0.25, 0.3) is 0 Å². The molecule has 0 spiro atoms. The topological polar surface area (TPSA) is 49.4 Å². The lowest BCUT2D eigenvalue weighted by molar-refractivity contribution is -0.134. The number of hydrogen-bond donors (Lipinski definition) is 1. The molecule has 358 valence electrons. The van der Waals surface area contributed by atoms with Gasteiger partial charge in [0.2, 0.25) is 11.8 Å². The molecule has 0 aromatic rings. The summed E-state index contributed by atoms with van der Waals surface area (Å²) in [6, 6.07) is 0.0387.